The van der Waals surface area contributed by atoms with Gasteiger partial charge in [-0.1, -0.05) is 26.0 Å². The Morgan fingerprint density at radius 1 is 1.11 bits per heavy atom. The van der Waals surface area contributed by atoms with Crippen LogP contribution in [0, 0.1) is 0 Å². The van der Waals surface area contributed by atoms with Crippen LogP contribution >= 0.6 is 11.3 Å². The minimum Gasteiger partial charge on any atom is -0.348 e. The molecule has 0 aliphatic rings. The smallest absolute Gasteiger partial charge is 0.256 e. The van der Waals surface area contributed by atoms with E-state index in [-0.39, 0.29) is 17.9 Å². The zero-order valence-corrected chi connectivity index (χ0v) is 16.9. The first-order valence-corrected chi connectivity index (χ1v) is 9.94. The number of anilines is 1. The van der Waals surface area contributed by atoms with Crippen LogP contribution in [-0.4, -0.2) is 32.6 Å². The van der Waals surface area contributed by atoms with Crippen LogP contribution in [0.4, 0.5) is 5.00 Å². The van der Waals surface area contributed by atoms with Crippen molar-refractivity contribution in [2.75, 3.05) is 5.32 Å². The van der Waals surface area contributed by atoms with Gasteiger partial charge in [0.25, 0.3) is 11.8 Å². The predicted octanol–water partition coefficient (Wildman–Crippen LogP) is 3.53. The summed E-state index contributed by atoms with van der Waals surface area (Å²) in [5.41, 5.74) is 2.18. The van der Waals surface area contributed by atoms with Crippen molar-refractivity contribution in [2.24, 2.45) is 0 Å². The molecular weight excluding hydrogens is 374 g/mol. The summed E-state index contributed by atoms with van der Waals surface area (Å²) in [6.07, 6.45) is 3.05. The molecule has 7 nitrogen and oxygen atoms in total. The summed E-state index contributed by atoms with van der Waals surface area (Å²) >= 11 is 1.32. The average molecular weight is 398 g/mol. The van der Waals surface area contributed by atoms with E-state index in [0.29, 0.717) is 28.6 Å². The normalized spacial score (nSPS) is 12.0. The highest BCUT2D eigenvalue weighted by molar-refractivity contribution is 7.14. The van der Waals surface area contributed by atoms with E-state index in [4.69, 9.17) is 0 Å². The summed E-state index contributed by atoms with van der Waals surface area (Å²) < 4.78 is 1.65. The number of thiophene rings is 1. The van der Waals surface area contributed by atoms with E-state index in [1.165, 1.54) is 23.2 Å². The number of nitrogens with one attached hydrogen (secondary N) is 2. The fourth-order valence-electron chi connectivity index (χ4n) is 2.73. The number of hydrogen-bond donors (Lipinski definition) is 2. The highest BCUT2D eigenvalue weighted by atomic mass is 32.1. The van der Waals surface area contributed by atoms with E-state index in [1.807, 2.05) is 19.1 Å². The van der Waals surface area contributed by atoms with Crippen molar-refractivity contribution in [3.05, 3.63) is 65.1 Å². The Bertz CT molecular complexity index is 932. The largest absolute Gasteiger partial charge is 0.348 e. The molecule has 0 spiro atoms. The predicted molar refractivity (Wildman–Crippen MR) is 110 cm³/mol. The molecular formula is C20H23N5O2S. The maximum atomic E-state index is 12.6. The molecule has 0 saturated carbocycles. The van der Waals surface area contributed by atoms with Gasteiger partial charge >= 0.3 is 0 Å². The maximum Gasteiger partial charge on any atom is 0.256 e. The number of rotatable bonds is 7. The van der Waals surface area contributed by atoms with Gasteiger partial charge in [-0.25, -0.2) is 4.98 Å². The first-order chi connectivity index (χ1) is 13.4. The second-order valence-corrected chi connectivity index (χ2v) is 7.80. The number of nitrogens with zero attached hydrogens (tertiary/aromatic N) is 3. The zero-order chi connectivity index (χ0) is 20.1. The minimum atomic E-state index is -0.237. The van der Waals surface area contributed by atoms with Crippen molar-refractivity contribution in [1.29, 1.82) is 0 Å². The number of hydrogen-bond acceptors (Lipinski definition) is 5. The third-order valence-electron chi connectivity index (χ3n) is 4.28. The molecule has 0 aliphatic carbocycles. The lowest BCUT2D eigenvalue weighted by atomic mass is 10.0. The lowest BCUT2D eigenvalue weighted by Gasteiger charge is -2.14. The summed E-state index contributed by atoms with van der Waals surface area (Å²) in [7, 11) is 0. The van der Waals surface area contributed by atoms with Crippen molar-refractivity contribution >= 4 is 28.2 Å². The minimum absolute atomic E-state index is 0.138. The number of carbonyl (C=O) groups excluding carboxylic acids is 2. The highest BCUT2D eigenvalue weighted by Gasteiger charge is 2.18. The van der Waals surface area contributed by atoms with Gasteiger partial charge in [-0.3, -0.25) is 14.3 Å². The Balaban J connectivity index is 1.64. The van der Waals surface area contributed by atoms with Gasteiger partial charge in [-0.15, -0.1) is 11.3 Å². The van der Waals surface area contributed by atoms with Gasteiger partial charge in [-0.05, 0) is 42.0 Å². The van der Waals surface area contributed by atoms with Crippen LogP contribution in [0.2, 0.25) is 0 Å². The van der Waals surface area contributed by atoms with E-state index in [0.717, 1.165) is 0 Å². The number of amides is 2. The van der Waals surface area contributed by atoms with E-state index in [9.17, 15) is 9.59 Å². The van der Waals surface area contributed by atoms with Crippen molar-refractivity contribution in [1.82, 2.24) is 20.1 Å². The van der Waals surface area contributed by atoms with Crippen LogP contribution in [0.3, 0.4) is 0 Å². The SMILES string of the molecule is CC(Cn1cncn1)NC(=O)c1ccsc1NC(=O)c1ccc(C(C)C)cc1. The first-order valence-electron chi connectivity index (χ1n) is 9.06. The zero-order valence-electron chi connectivity index (χ0n) is 16.0. The van der Waals surface area contributed by atoms with Crippen LogP contribution in [-0.2, 0) is 6.54 Å². The van der Waals surface area contributed by atoms with Crippen LogP contribution in [0.25, 0.3) is 0 Å². The molecule has 8 heteroatoms. The lowest BCUT2D eigenvalue weighted by molar-refractivity contribution is 0.0937. The number of aromatic nitrogens is 3. The molecule has 3 rings (SSSR count). The average Bonchev–Trinajstić information content (AvgIpc) is 3.33. The summed E-state index contributed by atoms with van der Waals surface area (Å²) in [5.74, 6) is -0.0639. The maximum absolute atomic E-state index is 12.6. The van der Waals surface area contributed by atoms with Crippen molar-refractivity contribution in [3.8, 4) is 0 Å². The van der Waals surface area contributed by atoms with Gasteiger partial charge in [-0.2, -0.15) is 5.10 Å². The second kappa shape index (κ2) is 8.79. The fourth-order valence-corrected chi connectivity index (χ4v) is 3.51. The van der Waals surface area contributed by atoms with E-state index < -0.39 is 0 Å². The monoisotopic (exact) mass is 397 g/mol. The van der Waals surface area contributed by atoms with Crippen molar-refractivity contribution < 1.29 is 9.59 Å². The Labute approximate surface area is 167 Å². The Morgan fingerprint density at radius 3 is 2.50 bits per heavy atom. The highest BCUT2D eigenvalue weighted by Crippen LogP contribution is 2.24. The van der Waals surface area contributed by atoms with E-state index >= 15 is 0 Å². The molecule has 1 aromatic carbocycles. The fraction of sp³-hybridized carbons (Fsp3) is 0.300. The molecule has 0 radical (unpaired) electrons. The van der Waals surface area contributed by atoms with Crippen LogP contribution in [0.1, 0.15) is 53.0 Å². The van der Waals surface area contributed by atoms with Gasteiger partial charge in [0.05, 0.1) is 12.1 Å². The topological polar surface area (TPSA) is 88.9 Å². The number of benzene rings is 1. The molecule has 2 heterocycles. The Kier molecular flexibility index (Phi) is 6.20. The molecule has 2 amide bonds. The van der Waals surface area contributed by atoms with Gasteiger partial charge in [0.1, 0.15) is 17.7 Å². The third kappa shape index (κ3) is 4.83. The lowest BCUT2D eigenvalue weighted by Crippen LogP contribution is -2.36. The Hall–Kier alpha value is -3.00. The van der Waals surface area contributed by atoms with E-state index in [1.54, 1.807) is 34.6 Å². The van der Waals surface area contributed by atoms with Gasteiger partial charge in [0.15, 0.2) is 0 Å². The molecule has 2 N–H and O–H groups in total. The van der Waals surface area contributed by atoms with Gasteiger partial charge in [0.2, 0.25) is 0 Å². The summed E-state index contributed by atoms with van der Waals surface area (Å²) in [4.78, 5) is 29.0. The molecule has 3 aromatic rings. The van der Waals surface area contributed by atoms with Crippen LogP contribution < -0.4 is 10.6 Å². The van der Waals surface area contributed by atoms with Crippen molar-refractivity contribution in [2.45, 2.75) is 39.3 Å². The molecule has 0 aliphatic heterocycles. The van der Waals surface area contributed by atoms with E-state index in [2.05, 4.69) is 34.6 Å². The van der Waals surface area contributed by atoms with Gasteiger partial charge < -0.3 is 10.6 Å². The molecule has 0 saturated heterocycles. The quantitative estimate of drug-likeness (QED) is 0.638. The summed E-state index contributed by atoms with van der Waals surface area (Å²) in [6, 6.07) is 9.08. The molecule has 1 atom stereocenters. The number of carbonyl (C=O) groups is 2. The third-order valence-corrected chi connectivity index (χ3v) is 5.11. The van der Waals surface area contributed by atoms with Crippen LogP contribution in [0.5, 0.6) is 0 Å². The summed E-state index contributed by atoms with van der Waals surface area (Å²) in [5, 5.41) is 12.1. The van der Waals surface area contributed by atoms with Crippen molar-refractivity contribution in [3.63, 3.8) is 0 Å². The molecule has 0 fully saturated rings. The van der Waals surface area contributed by atoms with Crippen LogP contribution in [0.15, 0.2) is 48.4 Å². The molecule has 0 bridgehead atoms. The van der Waals surface area contributed by atoms with Gasteiger partial charge in [0, 0.05) is 11.6 Å². The molecule has 2 aromatic heterocycles. The standard InChI is InChI=1S/C20H23N5O2S/c1-13(2)15-4-6-16(7-5-15)18(26)24-20-17(8-9-28-20)19(27)23-14(3)10-25-12-21-11-22-25/h4-9,11-14H,10H2,1-3H3,(H,23,27)(H,24,26). The summed E-state index contributed by atoms with van der Waals surface area (Å²) in [6.45, 7) is 6.62. The Morgan fingerprint density at radius 2 is 1.86 bits per heavy atom. The molecule has 1 unspecified atom stereocenters. The second-order valence-electron chi connectivity index (χ2n) is 6.89. The molecule has 146 valence electrons. The first kappa shape index (κ1) is 19.8. The molecule has 28 heavy (non-hydrogen) atoms.